The van der Waals surface area contributed by atoms with Crippen LogP contribution in [0.1, 0.15) is 45.6 Å². The highest BCUT2D eigenvalue weighted by atomic mass is 16.5. The predicted octanol–water partition coefficient (Wildman–Crippen LogP) is 3.04. The lowest BCUT2D eigenvalue weighted by molar-refractivity contribution is -0.129. The molecule has 0 bridgehead atoms. The quantitative estimate of drug-likeness (QED) is 0.667. The Labute approximate surface area is 168 Å². The Hall–Kier alpha value is -2.24. The first-order valence-corrected chi connectivity index (χ1v) is 10.1. The van der Waals surface area contributed by atoms with Crippen molar-refractivity contribution in [2.45, 2.75) is 52.5 Å². The number of methoxy groups -OCH3 is 2. The average Bonchev–Trinajstić information content (AvgIpc) is 3.05. The number of nitrogens with one attached hydrogen (secondary N) is 1. The summed E-state index contributed by atoms with van der Waals surface area (Å²) in [4.78, 5) is 26.6. The van der Waals surface area contributed by atoms with Crippen molar-refractivity contribution < 1.29 is 19.1 Å². The fourth-order valence-electron chi connectivity index (χ4n) is 3.48. The molecule has 2 amide bonds. The van der Waals surface area contributed by atoms with Gasteiger partial charge in [-0.1, -0.05) is 19.9 Å². The second kappa shape index (κ2) is 10.3. The van der Waals surface area contributed by atoms with Crippen molar-refractivity contribution in [2.24, 2.45) is 11.8 Å². The molecule has 1 aliphatic rings. The van der Waals surface area contributed by atoms with Crippen LogP contribution in [0.25, 0.3) is 0 Å². The zero-order chi connectivity index (χ0) is 20.7. The van der Waals surface area contributed by atoms with E-state index in [0.717, 1.165) is 18.4 Å². The van der Waals surface area contributed by atoms with E-state index in [1.54, 1.807) is 19.1 Å². The van der Waals surface area contributed by atoms with Crippen LogP contribution in [0.2, 0.25) is 0 Å². The Kier molecular flexibility index (Phi) is 8.15. The van der Waals surface area contributed by atoms with Crippen molar-refractivity contribution in [3.8, 4) is 11.5 Å². The van der Waals surface area contributed by atoms with Gasteiger partial charge in [0.25, 0.3) is 0 Å². The molecule has 1 heterocycles. The normalized spacial score (nSPS) is 17.7. The van der Waals surface area contributed by atoms with E-state index < -0.39 is 0 Å². The summed E-state index contributed by atoms with van der Waals surface area (Å²) in [5.74, 6) is 1.79. The van der Waals surface area contributed by atoms with Crippen LogP contribution in [0.4, 0.5) is 0 Å². The second-order valence-corrected chi connectivity index (χ2v) is 8.06. The maximum absolute atomic E-state index is 12.5. The van der Waals surface area contributed by atoms with Crippen LogP contribution in [0.15, 0.2) is 18.2 Å². The first-order valence-electron chi connectivity index (χ1n) is 10.1. The van der Waals surface area contributed by atoms with Crippen LogP contribution in [-0.2, 0) is 16.0 Å². The lowest BCUT2D eigenvalue weighted by Crippen LogP contribution is -2.38. The topological polar surface area (TPSA) is 67.9 Å². The molecule has 1 saturated heterocycles. The summed E-state index contributed by atoms with van der Waals surface area (Å²) < 4.78 is 10.6. The molecule has 6 heteroatoms. The molecule has 6 nitrogen and oxygen atoms in total. The Morgan fingerprint density at radius 3 is 2.54 bits per heavy atom. The molecule has 1 aromatic carbocycles. The highest BCUT2D eigenvalue weighted by molar-refractivity contribution is 5.89. The van der Waals surface area contributed by atoms with Crippen molar-refractivity contribution in [1.82, 2.24) is 10.2 Å². The standard InChI is InChI=1S/C22H34N2O4/c1-15(2)6-7-16(3)23-22(26)18-13-21(25)24(14-18)11-10-17-8-9-19(27-4)20(12-17)28-5/h8-9,12,15-16,18H,6-7,10-11,13-14H2,1-5H3,(H,23,26). The lowest BCUT2D eigenvalue weighted by atomic mass is 10.0. The van der Waals surface area contributed by atoms with Crippen molar-refractivity contribution in [1.29, 1.82) is 0 Å². The summed E-state index contributed by atoms with van der Waals surface area (Å²) in [6.45, 7) is 7.49. The van der Waals surface area contributed by atoms with Gasteiger partial charge in [0.2, 0.25) is 11.8 Å². The first-order chi connectivity index (χ1) is 13.3. The molecule has 0 radical (unpaired) electrons. The van der Waals surface area contributed by atoms with Gasteiger partial charge in [0.15, 0.2) is 11.5 Å². The van der Waals surface area contributed by atoms with Crippen LogP contribution in [-0.4, -0.2) is 50.1 Å². The fraction of sp³-hybridized carbons (Fsp3) is 0.636. The molecule has 2 rings (SSSR count). The molecule has 0 spiro atoms. The molecule has 0 saturated carbocycles. The van der Waals surface area contributed by atoms with Crippen molar-refractivity contribution >= 4 is 11.8 Å². The summed E-state index contributed by atoms with van der Waals surface area (Å²) in [6.07, 6.45) is 3.06. The third-order valence-corrected chi connectivity index (χ3v) is 5.27. The molecule has 1 aliphatic heterocycles. The van der Waals surface area contributed by atoms with Gasteiger partial charge in [0.1, 0.15) is 0 Å². The Morgan fingerprint density at radius 2 is 1.89 bits per heavy atom. The summed E-state index contributed by atoms with van der Waals surface area (Å²) in [7, 11) is 3.21. The molecule has 2 unspecified atom stereocenters. The lowest BCUT2D eigenvalue weighted by Gasteiger charge is -2.19. The molecule has 28 heavy (non-hydrogen) atoms. The highest BCUT2D eigenvalue weighted by Crippen LogP contribution is 2.28. The maximum Gasteiger partial charge on any atom is 0.225 e. The van der Waals surface area contributed by atoms with Crippen LogP contribution >= 0.6 is 0 Å². The molecule has 2 atom stereocenters. The minimum absolute atomic E-state index is 0.00165. The van der Waals surface area contributed by atoms with E-state index in [0.29, 0.717) is 43.3 Å². The largest absolute Gasteiger partial charge is 0.493 e. The van der Waals surface area contributed by atoms with Gasteiger partial charge in [-0.3, -0.25) is 9.59 Å². The third-order valence-electron chi connectivity index (χ3n) is 5.27. The van der Waals surface area contributed by atoms with Gasteiger partial charge in [-0.15, -0.1) is 0 Å². The third kappa shape index (κ3) is 6.14. The highest BCUT2D eigenvalue weighted by Gasteiger charge is 2.34. The number of amides is 2. The average molecular weight is 391 g/mol. The second-order valence-electron chi connectivity index (χ2n) is 8.06. The monoisotopic (exact) mass is 390 g/mol. The number of nitrogens with zero attached hydrogens (tertiary/aromatic N) is 1. The van der Waals surface area contributed by atoms with Gasteiger partial charge in [-0.2, -0.15) is 0 Å². The molecule has 1 N–H and O–H groups in total. The van der Waals surface area contributed by atoms with Gasteiger partial charge in [-0.05, 0) is 49.8 Å². The SMILES string of the molecule is COc1ccc(CCN2CC(C(=O)NC(C)CCC(C)C)CC2=O)cc1OC. The van der Waals surface area contributed by atoms with E-state index in [1.165, 1.54) is 0 Å². The number of ether oxygens (including phenoxy) is 2. The van der Waals surface area contributed by atoms with Crippen LogP contribution < -0.4 is 14.8 Å². The van der Waals surface area contributed by atoms with E-state index >= 15 is 0 Å². The van der Waals surface area contributed by atoms with Gasteiger partial charge < -0.3 is 19.7 Å². The number of carbonyl (C=O) groups is 2. The van der Waals surface area contributed by atoms with E-state index in [-0.39, 0.29) is 23.8 Å². The van der Waals surface area contributed by atoms with Gasteiger partial charge in [0.05, 0.1) is 20.1 Å². The molecule has 0 aromatic heterocycles. The zero-order valence-corrected chi connectivity index (χ0v) is 17.8. The number of rotatable bonds is 10. The number of carbonyl (C=O) groups excluding carboxylic acids is 2. The maximum atomic E-state index is 12.5. The Bertz CT molecular complexity index is 675. The van der Waals surface area contributed by atoms with E-state index in [4.69, 9.17) is 9.47 Å². The van der Waals surface area contributed by atoms with Crippen LogP contribution in [0.5, 0.6) is 11.5 Å². The van der Waals surface area contributed by atoms with E-state index in [1.807, 2.05) is 25.1 Å². The van der Waals surface area contributed by atoms with Crippen LogP contribution in [0, 0.1) is 11.8 Å². The van der Waals surface area contributed by atoms with Gasteiger partial charge >= 0.3 is 0 Å². The molecule has 156 valence electrons. The van der Waals surface area contributed by atoms with Crippen LogP contribution in [0.3, 0.4) is 0 Å². The number of hydrogen-bond donors (Lipinski definition) is 1. The Morgan fingerprint density at radius 1 is 1.18 bits per heavy atom. The molecule has 1 fully saturated rings. The molecular formula is C22H34N2O4. The molecule has 0 aliphatic carbocycles. The zero-order valence-electron chi connectivity index (χ0n) is 17.8. The first kappa shape index (κ1) is 22.1. The van der Waals surface area contributed by atoms with Crippen molar-refractivity contribution in [2.75, 3.05) is 27.3 Å². The Balaban J connectivity index is 1.85. The predicted molar refractivity (Wildman–Crippen MR) is 110 cm³/mol. The number of likely N-dealkylation sites (tertiary alicyclic amines) is 1. The van der Waals surface area contributed by atoms with Gasteiger partial charge in [0, 0.05) is 25.6 Å². The number of hydrogen-bond acceptors (Lipinski definition) is 4. The number of benzene rings is 1. The fourth-order valence-corrected chi connectivity index (χ4v) is 3.48. The van der Waals surface area contributed by atoms with E-state index in [2.05, 4.69) is 19.2 Å². The molecular weight excluding hydrogens is 356 g/mol. The molecule has 1 aromatic rings. The minimum Gasteiger partial charge on any atom is -0.493 e. The summed E-state index contributed by atoms with van der Waals surface area (Å²) >= 11 is 0. The summed E-state index contributed by atoms with van der Waals surface area (Å²) in [5, 5.41) is 3.07. The van der Waals surface area contributed by atoms with Crippen molar-refractivity contribution in [3.63, 3.8) is 0 Å². The smallest absolute Gasteiger partial charge is 0.225 e. The minimum atomic E-state index is -0.251. The van der Waals surface area contributed by atoms with Crippen molar-refractivity contribution in [3.05, 3.63) is 23.8 Å². The van der Waals surface area contributed by atoms with Gasteiger partial charge in [-0.25, -0.2) is 0 Å². The van der Waals surface area contributed by atoms with E-state index in [9.17, 15) is 9.59 Å². The summed E-state index contributed by atoms with van der Waals surface area (Å²) in [5.41, 5.74) is 1.07. The summed E-state index contributed by atoms with van der Waals surface area (Å²) in [6, 6.07) is 5.92.